The minimum absolute atomic E-state index is 0.131. The highest BCUT2D eigenvalue weighted by Gasteiger charge is 2.27. The lowest BCUT2D eigenvalue weighted by molar-refractivity contribution is -0.177. The second-order valence-electron chi connectivity index (χ2n) is 3.94. The molecule has 0 aliphatic heterocycles. The zero-order chi connectivity index (χ0) is 13.6. The van der Waals surface area contributed by atoms with Crippen molar-refractivity contribution in [3.63, 3.8) is 0 Å². The van der Waals surface area contributed by atoms with Crippen LogP contribution < -0.4 is 5.32 Å². The Morgan fingerprint density at radius 2 is 2.17 bits per heavy atom. The summed E-state index contributed by atoms with van der Waals surface area (Å²) in [5.41, 5.74) is 0. The molecule has 8 heteroatoms. The van der Waals surface area contributed by atoms with E-state index in [1.807, 2.05) is 14.0 Å². The van der Waals surface area contributed by atoms with Crippen LogP contribution in [0.3, 0.4) is 0 Å². The van der Waals surface area contributed by atoms with E-state index in [9.17, 15) is 13.2 Å². The number of alkyl halides is 3. The van der Waals surface area contributed by atoms with Crippen molar-refractivity contribution in [1.82, 2.24) is 15.5 Å². The average molecular weight is 267 g/mol. The van der Waals surface area contributed by atoms with E-state index >= 15 is 0 Å². The van der Waals surface area contributed by atoms with E-state index in [4.69, 9.17) is 4.52 Å². The number of halogens is 3. The maximum Gasteiger partial charge on any atom is 0.411 e. The summed E-state index contributed by atoms with van der Waals surface area (Å²) in [6, 6.07) is 0.307. The van der Waals surface area contributed by atoms with Gasteiger partial charge < -0.3 is 14.6 Å². The first-order valence-corrected chi connectivity index (χ1v) is 5.54. The predicted octanol–water partition coefficient (Wildman–Crippen LogP) is 1.69. The van der Waals surface area contributed by atoms with Crippen molar-refractivity contribution in [2.45, 2.75) is 38.6 Å². The molecule has 0 radical (unpaired) electrons. The molecule has 0 saturated carbocycles. The van der Waals surface area contributed by atoms with Gasteiger partial charge in [-0.05, 0) is 20.4 Å². The first-order valence-electron chi connectivity index (χ1n) is 5.54. The van der Waals surface area contributed by atoms with Gasteiger partial charge in [0.15, 0.2) is 5.82 Å². The minimum atomic E-state index is -4.34. The Balaban J connectivity index is 2.30. The Morgan fingerprint density at radius 3 is 2.78 bits per heavy atom. The van der Waals surface area contributed by atoms with Crippen LogP contribution in [0.15, 0.2) is 4.52 Å². The lowest BCUT2D eigenvalue weighted by Gasteiger charge is -2.06. The summed E-state index contributed by atoms with van der Waals surface area (Å²) in [6.07, 6.45) is -2.95. The fraction of sp³-hybridized carbons (Fsp3) is 0.800. The van der Waals surface area contributed by atoms with Crippen LogP contribution >= 0.6 is 0 Å². The average Bonchev–Trinajstić information content (AvgIpc) is 2.72. The Hall–Kier alpha value is -1.15. The van der Waals surface area contributed by atoms with Crippen molar-refractivity contribution in [1.29, 1.82) is 0 Å². The third kappa shape index (κ3) is 5.97. The molecule has 1 aromatic heterocycles. The second kappa shape index (κ2) is 6.69. The largest absolute Gasteiger partial charge is 0.411 e. The smallest absolute Gasteiger partial charge is 0.364 e. The lowest BCUT2D eigenvalue weighted by Crippen LogP contribution is -2.21. The third-order valence-corrected chi connectivity index (χ3v) is 2.29. The molecule has 1 unspecified atom stereocenters. The fourth-order valence-corrected chi connectivity index (χ4v) is 1.19. The highest BCUT2D eigenvalue weighted by atomic mass is 19.4. The SMILES string of the molecule is CNC(C)CCc1nc(COCC(F)(F)F)no1. The van der Waals surface area contributed by atoms with Gasteiger partial charge in [0.2, 0.25) is 5.89 Å². The van der Waals surface area contributed by atoms with Crippen LogP contribution in [0.25, 0.3) is 0 Å². The molecular formula is C10H16F3N3O2. The van der Waals surface area contributed by atoms with Crippen LogP contribution in [0, 0.1) is 0 Å². The molecule has 0 aliphatic rings. The van der Waals surface area contributed by atoms with Crippen molar-refractivity contribution in [3.05, 3.63) is 11.7 Å². The van der Waals surface area contributed by atoms with Gasteiger partial charge in [-0.15, -0.1) is 0 Å². The molecule has 104 valence electrons. The van der Waals surface area contributed by atoms with Gasteiger partial charge in [0, 0.05) is 12.5 Å². The number of nitrogens with one attached hydrogen (secondary N) is 1. The third-order valence-electron chi connectivity index (χ3n) is 2.29. The molecule has 1 aromatic rings. The van der Waals surface area contributed by atoms with Crippen molar-refractivity contribution in [2.75, 3.05) is 13.7 Å². The van der Waals surface area contributed by atoms with E-state index in [1.165, 1.54) is 0 Å². The summed E-state index contributed by atoms with van der Waals surface area (Å²) in [5, 5.41) is 6.59. The number of hydrogen-bond donors (Lipinski definition) is 1. The Kier molecular flexibility index (Phi) is 5.54. The van der Waals surface area contributed by atoms with E-state index in [-0.39, 0.29) is 12.4 Å². The molecule has 18 heavy (non-hydrogen) atoms. The highest BCUT2D eigenvalue weighted by molar-refractivity contribution is 4.85. The quantitative estimate of drug-likeness (QED) is 0.814. The molecule has 0 amide bonds. The number of hydrogen-bond acceptors (Lipinski definition) is 5. The van der Waals surface area contributed by atoms with Crippen molar-refractivity contribution < 1.29 is 22.4 Å². The molecular weight excluding hydrogens is 251 g/mol. The normalized spacial score (nSPS) is 13.8. The number of ether oxygens (including phenoxy) is 1. The van der Waals surface area contributed by atoms with Gasteiger partial charge in [-0.25, -0.2) is 0 Å². The summed E-state index contributed by atoms with van der Waals surface area (Å²) in [5.74, 6) is 0.536. The summed E-state index contributed by atoms with van der Waals surface area (Å²) >= 11 is 0. The van der Waals surface area contributed by atoms with Gasteiger partial charge in [-0.1, -0.05) is 5.16 Å². The van der Waals surface area contributed by atoms with E-state index < -0.39 is 12.8 Å². The summed E-state index contributed by atoms with van der Waals surface area (Å²) < 4.78 is 44.8. The zero-order valence-electron chi connectivity index (χ0n) is 10.3. The van der Waals surface area contributed by atoms with E-state index in [0.717, 1.165) is 6.42 Å². The number of nitrogens with zero attached hydrogens (tertiary/aromatic N) is 2. The molecule has 0 aliphatic carbocycles. The first-order chi connectivity index (χ1) is 8.40. The fourth-order valence-electron chi connectivity index (χ4n) is 1.19. The minimum Gasteiger partial charge on any atom is -0.364 e. The molecule has 0 aromatic carbocycles. The van der Waals surface area contributed by atoms with Gasteiger partial charge in [-0.2, -0.15) is 18.2 Å². The van der Waals surface area contributed by atoms with Crippen molar-refractivity contribution in [2.24, 2.45) is 0 Å². The molecule has 0 spiro atoms. The summed E-state index contributed by atoms with van der Waals surface area (Å²) in [6.45, 7) is 0.391. The van der Waals surface area contributed by atoms with Gasteiger partial charge in [0.25, 0.3) is 0 Å². The molecule has 1 heterocycles. The first kappa shape index (κ1) is 14.9. The van der Waals surface area contributed by atoms with Crippen LogP contribution in [-0.4, -0.2) is 36.0 Å². The summed E-state index contributed by atoms with van der Waals surface area (Å²) in [7, 11) is 1.84. The predicted molar refractivity (Wildman–Crippen MR) is 56.9 cm³/mol. The van der Waals surface area contributed by atoms with Crippen LogP contribution in [-0.2, 0) is 17.8 Å². The summed E-state index contributed by atoms with van der Waals surface area (Å²) in [4.78, 5) is 3.94. The maximum atomic E-state index is 11.8. The number of aromatic nitrogens is 2. The Bertz CT molecular complexity index is 354. The van der Waals surface area contributed by atoms with Crippen LogP contribution in [0.2, 0.25) is 0 Å². The highest BCUT2D eigenvalue weighted by Crippen LogP contribution is 2.15. The van der Waals surface area contributed by atoms with E-state index in [1.54, 1.807) is 0 Å². The molecule has 0 fully saturated rings. The van der Waals surface area contributed by atoms with E-state index in [0.29, 0.717) is 18.4 Å². The van der Waals surface area contributed by atoms with Gasteiger partial charge >= 0.3 is 6.18 Å². The van der Waals surface area contributed by atoms with Crippen LogP contribution in [0.1, 0.15) is 25.1 Å². The molecule has 0 bridgehead atoms. The molecule has 0 saturated heterocycles. The van der Waals surface area contributed by atoms with Crippen molar-refractivity contribution in [3.8, 4) is 0 Å². The Labute approximate surface area is 103 Å². The standard InChI is InChI=1S/C10H16F3N3O2/c1-7(14-2)3-4-9-15-8(16-18-9)5-17-6-10(11,12)13/h7,14H,3-6H2,1-2H3. The van der Waals surface area contributed by atoms with Crippen LogP contribution in [0.4, 0.5) is 13.2 Å². The molecule has 1 N–H and O–H groups in total. The number of aryl methyl sites for hydroxylation is 1. The number of rotatable bonds is 7. The van der Waals surface area contributed by atoms with Gasteiger partial charge in [0.1, 0.15) is 13.2 Å². The van der Waals surface area contributed by atoms with Crippen molar-refractivity contribution >= 4 is 0 Å². The zero-order valence-corrected chi connectivity index (χ0v) is 10.3. The van der Waals surface area contributed by atoms with Gasteiger partial charge in [0.05, 0.1) is 0 Å². The van der Waals surface area contributed by atoms with Crippen LogP contribution in [0.5, 0.6) is 0 Å². The molecule has 5 nitrogen and oxygen atoms in total. The Morgan fingerprint density at radius 1 is 1.44 bits per heavy atom. The second-order valence-corrected chi connectivity index (χ2v) is 3.94. The van der Waals surface area contributed by atoms with Gasteiger partial charge in [-0.3, -0.25) is 0 Å². The van der Waals surface area contributed by atoms with E-state index in [2.05, 4.69) is 20.2 Å². The monoisotopic (exact) mass is 267 g/mol. The maximum absolute atomic E-state index is 11.8. The molecule has 1 rings (SSSR count). The lowest BCUT2D eigenvalue weighted by atomic mass is 10.2. The topological polar surface area (TPSA) is 60.2 Å². The molecule has 1 atom stereocenters.